The van der Waals surface area contributed by atoms with E-state index in [2.05, 4.69) is 20.0 Å². The summed E-state index contributed by atoms with van der Waals surface area (Å²) in [6.45, 7) is 8.07. The van der Waals surface area contributed by atoms with Gasteiger partial charge in [0.1, 0.15) is 29.6 Å². The number of hydrogen-bond acceptors (Lipinski definition) is 12. The van der Waals surface area contributed by atoms with Crippen LogP contribution in [0.25, 0.3) is 21.9 Å². The molecule has 0 aliphatic carbocycles. The third-order valence-corrected chi connectivity index (χ3v) is 8.82. The number of nitrogens with one attached hydrogen (secondary N) is 2. The average molecular weight is 645 g/mol. The number of hydrogen-bond donors (Lipinski definition) is 5. The number of benzene rings is 2. The molecule has 2 aromatic heterocycles. The molecule has 6 N–H and O–H groups in total. The Morgan fingerprint density at radius 1 is 1.27 bits per heavy atom. The summed E-state index contributed by atoms with van der Waals surface area (Å²) < 4.78 is 38.7. The zero-order chi connectivity index (χ0) is 32.7. The van der Waals surface area contributed by atoms with Crippen molar-refractivity contribution in [2.45, 2.75) is 64.7 Å². The van der Waals surface area contributed by atoms with Gasteiger partial charge >= 0.3 is 13.7 Å². The van der Waals surface area contributed by atoms with Crippen molar-refractivity contribution in [3.8, 4) is 5.75 Å². The molecule has 0 radical (unpaired) electrons. The SMILES string of the molecule is C[C@H](NP(=O)(OC[C@H]1OC(n2cnc3c(=O)[nH]c(N)nc32)[C@](C)(O)[C@@H]1O)Oc1cccc2ccccc12)C(=O)OCC(C)(C)C. The number of carbonyl (C=O) groups excluding carboxylic acids is 1. The fourth-order valence-electron chi connectivity index (χ4n) is 4.86. The molecule has 1 fully saturated rings. The van der Waals surface area contributed by atoms with E-state index in [1.807, 2.05) is 39.0 Å². The van der Waals surface area contributed by atoms with E-state index in [1.165, 1.54) is 24.7 Å². The summed E-state index contributed by atoms with van der Waals surface area (Å²) >= 11 is 0. The molecule has 2 unspecified atom stereocenters. The topological polar surface area (TPSA) is 213 Å². The maximum atomic E-state index is 14.3. The monoisotopic (exact) mass is 644 g/mol. The van der Waals surface area contributed by atoms with Gasteiger partial charge in [-0.05, 0) is 30.7 Å². The number of carbonyl (C=O) groups is 1. The van der Waals surface area contributed by atoms with E-state index in [-0.39, 0.29) is 34.9 Å². The van der Waals surface area contributed by atoms with Crippen molar-refractivity contribution in [3.05, 3.63) is 59.1 Å². The fourth-order valence-corrected chi connectivity index (χ4v) is 6.38. The van der Waals surface area contributed by atoms with E-state index in [4.69, 9.17) is 24.3 Å². The second kappa shape index (κ2) is 12.2. The predicted molar refractivity (Wildman–Crippen MR) is 164 cm³/mol. The number of aromatic nitrogens is 4. The minimum absolute atomic E-state index is 0.0181. The minimum Gasteiger partial charge on any atom is -0.464 e. The number of nitrogens with zero attached hydrogens (tertiary/aromatic N) is 3. The first-order valence-electron chi connectivity index (χ1n) is 14.2. The largest absolute Gasteiger partial charge is 0.464 e. The lowest BCUT2D eigenvalue weighted by molar-refractivity contribution is -0.148. The lowest BCUT2D eigenvalue weighted by Crippen LogP contribution is -2.44. The zero-order valence-electron chi connectivity index (χ0n) is 25.5. The van der Waals surface area contributed by atoms with Gasteiger partial charge in [-0.1, -0.05) is 57.2 Å². The quantitative estimate of drug-likeness (QED) is 0.124. The second-order valence-corrected chi connectivity index (χ2v) is 14.0. The number of anilines is 1. The molecule has 1 saturated heterocycles. The van der Waals surface area contributed by atoms with E-state index in [9.17, 15) is 24.4 Å². The first kappa shape index (κ1) is 32.5. The van der Waals surface area contributed by atoms with E-state index in [1.54, 1.807) is 24.3 Å². The number of nitrogens with two attached hydrogens (primary N) is 1. The number of rotatable bonds is 10. The Labute approximate surface area is 258 Å². The molecule has 4 aromatic rings. The molecule has 2 aromatic carbocycles. The molecule has 1 aliphatic rings. The van der Waals surface area contributed by atoms with Gasteiger partial charge in [0.2, 0.25) is 5.95 Å². The molecule has 0 saturated carbocycles. The Morgan fingerprint density at radius 2 is 1.98 bits per heavy atom. The van der Waals surface area contributed by atoms with Gasteiger partial charge in [0.05, 0.1) is 19.5 Å². The molecule has 0 spiro atoms. The minimum atomic E-state index is -4.39. The van der Waals surface area contributed by atoms with Crippen LogP contribution in [0, 0.1) is 5.41 Å². The van der Waals surface area contributed by atoms with Crippen LogP contribution in [-0.4, -0.2) is 72.8 Å². The van der Waals surface area contributed by atoms with E-state index in [0.717, 1.165) is 5.39 Å². The first-order valence-corrected chi connectivity index (χ1v) is 15.8. The van der Waals surface area contributed by atoms with Gasteiger partial charge in [0.25, 0.3) is 5.56 Å². The number of aliphatic hydroxyl groups is 2. The smallest absolute Gasteiger partial charge is 0.459 e. The molecule has 0 amide bonds. The summed E-state index contributed by atoms with van der Waals surface area (Å²) in [6, 6.07) is 11.3. The number of aromatic amines is 1. The Bertz CT molecular complexity index is 1810. The molecule has 3 heterocycles. The standard InChI is InChI=1S/C29H37N6O9P/c1-16(25(38)41-14-28(2,3)4)34-45(40,44-19-12-8-10-17-9-6-7-11-18(17)19)42-13-20-22(36)29(5,39)26(43-20)35-15-31-21-23(35)32-27(30)33-24(21)37/h6-12,15-16,20,22,26,36,39H,13-14H2,1-5H3,(H,34,40)(H3,30,32,33,37)/t16-,20+,22+,26?,29+,45?/m0/s1. The number of aliphatic hydroxyl groups excluding tert-OH is 1. The van der Waals surface area contributed by atoms with Crippen molar-refractivity contribution in [3.63, 3.8) is 0 Å². The second-order valence-electron chi connectivity index (χ2n) is 12.4. The van der Waals surface area contributed by atoms with Crippen molar-refractivity contribution in [1.82, 2.24) is 24.6 Å². The van der Waals surface area contributed by atoms with Crippen LogP contribution in [0.5, 0.6) is 5.75 Å². The molecule has 0 bridgehead atoms. The molecule has 16 heteroatoms. The van der Waals surface area contributed by atoms with Crippen LogP contribution < -0.4 is 20.9 Å². The van der Waals surface area contributed by atoms with Gasteiger partial charge in [-0.25, -0.2) is 9.55 Å². The third-order valence-electron chi connectivity index (χ3n) is 7.19. The van der Waals surface area contributed by atoms with Gasteiger partial charge in [0.15, 0.2) is 17.4 Å². The van der Waals surface area contributed by atoms with Gasteiger partial charge in [-0.15, -0.1) is 0 Å². The van der Waals surface area contributed by atoms with E-state index in [0.29, 0.717) is 5.39 Å². The average Bonchev–Trinajstić information content (AvgIpc) is 3.48. The van der Waals surface area contributed by atoms with Gasteiger partial charge in [-0.2, -0.15) is 10.1 Å². The van der Waals surface area contributed by atoms with Crippen LogP contribution in [0.1, 0.15) is 40.8 Å². The molecule has 5 rings (SSSR count). The summed E-state index contributed by atoms with van der Waals surface area (Å²) in [4.78, 5) is 35.5. The van der Waals surface area contributed by atoms with Crippen molar-refractivity contribution < 1.29 is 38.1 Å². The Kier molecular flexibility index (Phi) is 8.79. The Morgan fingerprint density at radius 3 is 2.71 bits per heavy atom. The molecule has 1 aliphatic heterocycles. The Balaban J connectivity index is 1.40. The first-order chi connectivity index (χ1) is 21.1. The number of imidazole rings is 1. The van der Waals surface area contributed by atoms with Crippen molar-refractivity contribution in [1.29, 1.82) is 0 Å². The molecule has 242 valence electrons. The maximum Gasteiger partial charge on any atom is 0.459 e. The zero-order valence-corrected chi connectivity index (χ0v) is 26.4. The van der Waals surface area contributed by atoms with Gasteiger partial charge < -0.3 is 29.9 Å². The van der Waals surface area contributed by atoms with Crippen LogP contribution in [0.15, 0.2) is 53.6 Å². The number of H-pyrrole nitrogens is 1. The fraction of sp³-hybridized carbons (Fsp3) is 0.448. The summed E-state index contributed by atoms with van der Waals surface area (Å²) in [5, 5.41) is 26.5. The number of fused-ring (bicyclic) bond motifs is 2. The highest BCUT2D eigenvalue weighted by atomic mass is 31.2. The molecule has 15 nitrogen and oxygen atoms in total. The number of nitrogen functional groups attached to an aromatic ring is 1. The van der Waals surface area contributed by atoms with Crippen LogP contribution >= 0.6 is 7.75 Å². The predicted octanol–water partition coefficient (Wildman–Crippen LogP) is 2.64. The normalized spacial score (nSPS) is 24.0. The van der Waals surface area contributed by atoms with Crippen LogP contribution in [-0.2, 0) is 23.4 Å². The highest BCUT2D eigenvalue weighted by Crippen LogP contribution is 2.48. The lowest BCUT2D eigenvalue weighted by atomic mass is 9.96. The highest BCUT2D eigenvalue weighted by Gasteiger charge is 2.54. The number of esters is 1. The van der Waals surface area contributed by atoms with Crippen molar-refractivity contribution >= 4 is 41.6 Å². The molecule has 45 heavy (non-hydrogen) atoms. The van der Waals surface area contributed by atoms with E-state index < -0.39 is 56.0 Å². The summed E-state index contributed by atoms with van der Waals surface area (Å²) in [7, 11) is -4.39. The lowest BCUT2D eigenvalue weighted by Gasteiger charge is -2.27. The van der Waals surface area contributed by atoms with Crippen LogP contribution in [0.4, 0.5) is 5.95 Å². The highest BCUT2D eigenvalue weighted by molar-refractivity contribution is 7.52. The summed E-state index contributed by atoms with van der Waals surface area (Å²) in [5.41, 5.74) is 2.83. The molecular formula is C29H37N6O9P. The third kappa shape index (κ3) is 6.88. The maximum absolute atomic E-state index is 14.3. The summed E-state index contributed by atoms with van der Waals surface area (Å²) in [5.74, 6) is -0.639. The van der Waals surface area contributed by atoms with Crippen molar-refractivity contribution in [2.75, 3.05) is 18.9 Å². The van der Waals surface area contributed by atoms with Crippen LogP contribution in [0.2, 0.25) is 0 Å². The molecule has 6 atom stereocenters. The van der Waals surface area contributed by atoms with Gasteiger partial charge in [0, 0.05) is 5.39 Å². The number of ether oxygens (including phenoxy) is 2. The molecular weight excluding hydrogens is 607 g/mol. The van der Waals surface area contributed by atoms with Crippen molar-refractivity contribution in [2.24, 2.45) is 5.41 Å². The summed E-state index contributed by atoms with van der Waals surface area (Å²) in [6.07, 6.45) is -2.89. The van der Waals surface area contributed by atoms with Crippen LogP contribution in [0.3, 0.4) is 0 Å². The Hall–Kier alpha value is -3.85. The van der Waals surface area contributed by atoms with E-state index >= 15 is 0 Å². The van der Waals surface area contributed by atoms with Gasteiger partial charge in [-0.3, -0.25) is 23.7 Å².